The molecule has 0 N–H and O–H groups in total. The molecule has 1 aromatic rings. The van der Waals surface area contributed by atoms with Gasteiger partial charge in [-0.05, 0) is 23.5 Å². The van der Waals surface area contributed by atoms with Crippen LogP contribution in [0.4, 0.5) is 0 Å². The molecule has 0 aliphatic carbocycles. The second-order valence-corrected chi connectivity index (χ2v) is 5.17. The van der Waals surface area contributed by atoms with Crippen LogP contribution < -0.4 is 0 Å². The third-order valence-corrected chi connectivity index (χ3v) is 3.25. The first-order valence-electron chi connectivity index (χ1n) is 6.59. The predicted octanol–water partition coefficient (Wildman–Crippen LogP) is 3.54. The summed E-state index contributed by atoms with van der Waals surface area (Å²) in [7, 11) is 0. The number of hydrogen-bond donors (Lipinski definition) is 0. The van der Waals surface area contributed by atoms with E-state index in [-0.39, 0.29) is 11.7 Å². The molecule has 0 fully saturated rings. The molecule has 0 aliphatic rings. The Balaban J connectivity index is 2.56. The maximum atomic E-state index is 11.7. The van der Waals surface area contributed by atoms with Gasteiger partial charge in [-0.15, -0.1) is 0 Å². The number of Topliss-reactive ketones (excluding diaryl/α,β-unsaturated/α-hetero) is 1. The number of carbonyl (C=O) groups excluding carboxylic acids is 2. The summed E-state index contributed by atoms with van der Waals surface area (Å²) in [5.41, 5.74) is 2.50. The highest BCUT2D eigenvalue weighted by molar-refractivity contribution is 5.82. The number of benzene rings is 1. The molecule has 98 valence electrons. The summed E-state index contributed by atoms with van der Waals surface area (Å²) in [6, 6.07) is 8.45. The van der Waals surface area contributed by atoms with Gasteiger partial charge in [-0.25, -0.2) is 0 Å². The molecule has 0 spiro atoms. The van der Waals surface area contributed by atoms with Crippen LogP contribution in [0, 0.1) is 5.92 Å². The maximum absolute atomic E-state index is 11.7. The van der Waals surface area contributed by atoms with Crippen molar-refractivity contribution < 1.29 is 9.59 Å². The first-order valence-corrected chi connectivity index (χ1v) is 6.59. The Morgan fingerprint density at radius 1 is 1.17 bits per heavy atom. The monoisotopic (exact) mass is 246 g/mol. The summed E-state index contributed by atoms with van der Waals surface area (Å²) in [6.45, 7) is 6.27. The number of aldehydes is 1. The van der Waals surface area contributed by atoms with Crippen molar-refractivity contribution in [2.75, 3.05) is 0 Å². The van der Waals surface area contributed by atoms with Crippen LogP contribution >= 0.6 is 0 Å². The third-order valence-electron chi connectivity index (χ3n) is 3.25. The second-order valence-electron chi connectivity index (χ2n) is 5.17. The van der Waals surface area contributed by atoms with Crippen molar-refractivity contribution in [3.05, 3.63) is 35.4 Å². The lowest BCUT2D eigenvalue weighted by Crippen LogP contribution is -2.13. The number of carbonyl (C=O) groups is 2. The van der Waals surface area contributed by atoms with Gasteiger partial charge in [-0.2, -0.15) is 0 Å². The van der Waals surface area contributed by atoms with Crippen LogP contribution in [-0.4, -0.2) is 12.1 Å². The van der Waals surface area contributed by atoms with Gasteiger partial charge in [0.05, 0.1) is 0 Å². The highest BCUT2D eigenvalue weighted by Gasteiger charge is 2.13. The average Bonchev–Trinajstić information content (AvgIpc) is 2.36. The molecule has 1 aromatic carbocycles. The molecule has 0 radical (unpaired) electrons. The van der Waals surface area contributed by atoms with E-state index >= 15 is 0 Å². The summed E-state index contributed by atoms with van der Waals surface area (Å²) in [6.07, 6.45) is 2.28. The van der Waals surface area contributed by atoms with Crippen LogP contribution in [0.5, 0.6) is 0 Å². The standard InChI is InChI=1S/C16H22O2/c1-12(2)15-8-6-14(7-9-15)11-13(3)16(18)5-4-10-17/h6-10,12-13H,4-5,11H2,1-3H3. The van der Waals surface area contributed by atoms with Crippen LogP contribution in [0.2, 0.25) is 0 Å². The van der Waals surface area contributed by atoms with E-state index in [0.717, 1.165) is 12.7 Å². The zero-order valence-corrected chi connectivity index (χ0v) is 11.5. The van der Waals surface area contributed by atoms with Crippen LogP contribution in [-0.2, 0) is 16.0 Å². The molecule has 2 heteroatoms. The van der Waals surface area contributed by atoms with E-state index in [4.69, 9.17) is 0 Å². The van der Waals surface area contributed by atoms with Gasteiger partial charge in [-0.3, -0.25) is 4.79 Å². The van der Waals surface area contributed by atoms with Crippen LogP contribution in [0.1, 0.15) is 50.7 Å². The van der Waals surface area contributed by atoms with E-state index in [1.54, 1.807) is 0 Å². The fourth-order valence-corrected chi connectivity index (χ4v) is 1.95. The Hall–Kier alpha value is -1.44. The summed E-state index contributed by atoms with van der Waals surface area (Å²) in [5.74, 6) is 0.704. The van der Waals surface area contributed by atoms with Crippen molar-refractivity contribution in [1.29, 1.82) is 0 Å². The molecular formula is C16H22O2. The first kappa shape index (κ1) is 14.6. The summed E-state index contributed by atoms with van der Waals surface area (Å²) >= 11 is 0. The smallest absolute Gasteiger partial charge is 0.136 e. The minimum absolute atomic E-state index is 0.00477. The van der Waals surface area contributed by atoms with Gasteiger partial charge in [0.2, 0.25) is 0 Å². The Morgan fingerprint density at radius 2 is 1.78 bits per heavy atom. The van der Waals surface area contributed by atoms with Gasteiger partial charge in [0, 0.05) is 18.8 Å². The van der Waals surface area contributed by atoms with E-state index in [9.17, 15) is 9.59 Å². The van der Waals surface area contributed by atoms with Crippen molar-refractivity contribution in [3.63, 3.8) is 0 Å². The lowest BCUT2D eigenvalue weighted by Gasteiger charge is -2.11. The van der Waals surface area contributed by atoms with Crippen molar-refractivity contribution in [1.82, 2.24) is 0 Å². The molecule has 1 rings (SSSR count). The van der Waals surface area contributed by atoms with Crippen molar-refractivity contribution in [2.24, 2.45) is 5.92 Å². The molecule has 0 amide bonds. The van der Waals surface area contributed by atoms with Crippen LogP contribution in [0.3, 0.4) is 0 Å². The largest absolute Gasteiger partial charge is 0.303 e. The van der Waals surface area contributed by atoms with Crippen LogP contribution in [0.15, 0.2) is 24.3 Å². The minimum atomic E-state index is -0.00477. The normalized spacial score (nSPS) is 12.4. The van der Waals surface area contributed by atoms with E-state index in [0.29, 0.717) is 18.8 Å². The van der Waals surface area contributed by atoms with E-state index in [1.165, 1.54) is 11.1 Å². The molecule has 18 heavy (non-hydrogen) atoms. The fraction of sp³-hybridized carbons (Fsp3) is 0.500. The fourth-order valence-electron chi connectivity index (χ4n) is 1.95. The Labute approximate surface area is 109 Å². The first-order chi connectivity index (χ1) is 8.54. The Morgan fingerprint density at radius 3 is 2.28 bits per heavy atom. The van der Waals surface area contributed by atoms with Crippen molar-refractivity contribution in [3.8, 4) is 0 Å². The molecule has 0 aromatic heterocycles. The molecule has 0 saturated carbocycles. The zero-order chi connectivity index (χ0) is 13.5. The van der Waals surface area contributed by atoms with E-state index in [1.807, 2.05) is 6.92 Å². The molecule has 0 aliphatic heterocycles. The highest BCUT2D eigenvalue weighted by Crippen LogP contribution is 2.17. The second kappa shape index (κ2) is 7.10. The van der Waals surface area contributed by atoms with Gasteiger partial charge in [0.1, 0.15) is 12.1 Å². The molecule has 1 unspecified atom stereocenters. The summed E-state index contributed by atoms with van der Waals surface area (Å²) < 4.78 is 0. The predicted molar refractivity (Wildman–Crippen MR) is 73.7 cm³/mol. The zero-order valence-electron chi connectivity index (χ0n) is 11.5. The number of ketones is 1. The van der Waals surface area contributed by atoms with E-state index in [2.05, 4.69) is 38.1 Å². The summed E-state index contributed by atoms with van der Waals surface area (Å²) in [4.78, 5) is 22.0. The average molecular weight is 246 g/mol. The molecular weight excluding hydrogens is 224 g/mol. The summed E-state index contributed by atoms with van der Waals surface area (Å²) in [5, 5.41) is 0. The number of hydrogen-bond acceptors (Lipinski definition) is 2. The van der Waals surface area contributed by atoms with Crippen molar-refractivity contribution in [2.45, 2.75) is 46.0 Å². The molecule has 0 saturated heterocycles. The maximum Gasteiger partial charge on any atom is 0.136 e. The Bertz CT molecular complexity index is 390. The van der Waals surface area contributed by atoms with Crippen LogP contribution in [0.25, 0.3) is 0 Å². The van der Waals surface area contributed by atoms with Crippen molar-refractivity contribution >= 4 is 12.1 Å². The SMILES string of the molecule is CC(Cc1ccc(C(C)C)cc1)C(=O)CCC=O. The topological polar surface area (TPSA) is 34.1 Å². The molecule has 1 atom stereocenters. The van der Waals surface area contributed by atoms with Gasteiger partial charge in [0.25, 0.3) is 0 Å². The lowest BCUT2D eigenvalue weighted by molar-refractivity contribution is -0.123. The van der Waals surface area contributed by atoms with Gasteiger partial charge in [0.15, 0.2) is 0 Å². The Kier molecular flexibility index (Phi) is 5.76. The van der Waals surface area contributed by atoms with Gasteiger partial charge >= 0.3 is 0 Å². The van der Waals surface area contributed by atoms with Gasteiger partial charge < -0.3 is 4.79 Å². The lowest BCUT2D eigenvalue weighted by atomic mass is 9.93. The molecule has 0 heterocycles. The van der Waals surface area contributed by atoms with Gasteiger partial charge in [-0.1, -0.05) is 45.0 Å². The molecule has 0 bridgehead atoms. The third kappa shape index (κ3) is 4.44. The minimum Gasteiger partial charge on any atom is -0.303 e. The highest BCUT2D eigenvalue weighted by atomic mass is 16.1. The quantitative estimate of drug-likeness (QED) is 0.690. The number of rotatable bonds is 7. The molecule has 2 nitrogen and oxygen atoms in total. The van der Waals surface area contributed by atoms with E-state index < -0.39 is 0 Å².